The van der Waals surface area contributed by atoms with Crippen LogP contribution in [0.4, 0.5) is 0 Å². The summed E-state index contributed by atoms with van der Waals surface area (Å²) in [5.74, 6) is 0. The highest BCUT2D eigenvalue weighted by molar-refractivity contribution is 9.10. The number of aliphatic hydroxyl groups is 1. The van der Waals surface area contributed by atoms with Crippen LogP contribution in [-0.4, -0.2) is 16.5 Å². The molecule has 1 aliphatic carbocycles. The fourth-order valence-electron chi connectivity index (χ4n) is 1.75. The van der Waals surface area contributed by atoms with Gasteiger partial charge in [0.05, 0.1) is 6.10 Å². The van der Waals surface area contributed by atoms with Crippen molar-refractivity contribution in [2.75, 3.05) is 0 Å². The van der Waals surface area contributed by atoms with E-state index in [1.165, 1.54) is 4.90 Å². The van der Waals surface area contributed by atoms with Crippen molar-refractivity contribution in [3.8, 4) is 0 Å². The number of aliphatic hydroxyl groups excluding tert-OH is 1. The molecule has 1 aliphatic rings. The molecule has 0 aliphatic heterocycles. The molecule has 1 saturated carbocycles. The first kappa shape index (κ1) is 10.5. The fraction of sp³-hybridized carbons (Fsp3) is 0.455. The van der Waals surface area contributed by atoms with Gasteiger partial charge in [0.2, 0.25) is 0 Å². The number of halogens is 1. The maximum absolute atomic E-state index is 9.71. The van der Waals surface area contributed by atoms with Gasteiger partial charge in [-0.25, -0.2) is 0 Å². The van der Waals surface area contributed by atoms with Crippen molar-refractivity contribution in [3.05, 3.63) is 28.7 Å². The summed E-state index contributed by atoms with van der Waals surface area (Å²) in [6.07, 6.45) is 3.13. The predicted molar refractivity (Wildman–Crippen MR) is 63.6 cm³/mol. The molecule has 1 fully saturated rings. The Balaban J connectivity index is 2.07. The van der Waals surface area contributed by atoms with Crippen molar-refractivity contribution in [1.29, 1.82) is 0 Å². The zero-order valence-corrected chi connectivity index (χ0v) is 10.2. The largest absolute Gasteiger partial charge is 0.392 e. The van der Waals surface area contributed by atoms with Crippen molar-refractivity contribution in [1.82, 2.24) is 0 Å². The van der Waals surface area contributed by atoms with Gasteiger partial charge in [0.15, 0.2) is 0 Å². The lowest BCUT2D eigenvalue weighted by Crippen LogP contribution is -2.14. The molecule has 0 spiro atoms. The molecule has 0 radical (unpaired) electrons. The quantitative estimate of drug-likeness (QED) is 0.890. The second kappa shape index (κ2) is 4.69. The third-order valence-electron chi connectivity index (χ3n) is 2.53. The lowest BCUT2D eigenvalue weighted by molar-refractivity contribution is 0.188. The molecular formula is C11H13BrOS. The Morgan fingerprint density at radius 2 is 2.07 bits per heavy atom. The first-order valence-electron chi connectivity index (χ1n) is 4.86. The SMILES string of the molecule is O[C@@H]1CCC[C@H]1Sc1ccccc1Br. The zero-order valence-electron chi connectivity index (χ0n) is 7.82. The van der Waals surface area contributed by atoms with Crippen LogP contribution in [0.3, 0.4) is 0 Å². The average Bonchev–Trinajstić information content (AvgIpc) is 2.56. The molecule has 76 valence electrons. The molecule has 0 amide bonds. The van der Waals surface area contributed by atoms with Crippen LogP contribution < -0.4 is 0 Å². The van der Waals surface area contributed by atoms with Gasteiger partial charge in [0.1, 0.15) is 0 Å². The molecule has 0 saturated heterocycles. The molecule has 2 rings (SSSR count). The maximum atomic E-state index is 9.71. The minimum Gasteiger partial charge on any atom is -0.392 e. The molecule has 0 aromatic heterocycles. The van der Waals surface area contributed by atoms with Gasteiger partial charge >= 0.3 is 0 Å². The molecule has 1 nitrogen and oxygen atoms in total. The van der Waals surface area contributed by atoms with Crippen molar-refractivity contribution in [3.63, 3.8) is 0 Å². The van der Waals surface area contributed by atoms with E-state index < -0.39 is 0 Å². The first-order chi connectivity index (χ1) is 6.77. The van der Waals surface area contributed by atoms with E-state index in [4.69, 9.17) is 0 Å². The Bertz CT molecular complexity index is 316. The second-order valence-electron chi connectivity index (χ2n) is 3.58. The summed E-state index contributed by atoms with van der Waals surface area (Å²) < 4.78 is 1.13. The van der Waals surface area contributed by atoms with Gasteiger partial charge in [-0.2, -0.15) is 0 Å². The molecule has 0 bridgehead atoms. The topological polar surface area (TPSA) is 20.2 Å². The summed E-state index contributed by atoms with van der Waals surface area (Å²) in [6, 6.07) is 8.19. The van der Waals surface area contributed by atoms with Crippen LogP contribution >= 0.6 is 27.7 Å². The second-order valence-corrected chi connectivity index (χ2v) is 5.72. The van der Waals surface area contributed by atoms with E-state index in [1.807, 2.05) is 18.2 Å². The van der Waals surface area contributed by atoms with Gasteiger partial charge in [-0.05, 0) is 47.3 Å². The maximum Gasteiger partial charge on any atom is 0.0662 e. The van der Waals surface area contributed by atoms with Crippen molar-refractivity contribution in [2.45, 2.75) is 35.5 Å². The van der Waals surface area contributed by atoms with Crippen LogP contribution in [0, 0.1) is 0 Å². The minimum absolute atomic E-state index is 0.118. The van der Waals surface area contributed by atoms with Crippen LogP contribution in [0.15, 0.2) is 33.6 Å². The monoisotopic (exact) mass is 272 g/mol. The highest BCUT2D eigenvalue weighted by atomic mass is 79.9. The number of thioether (sulfide) groups is 1. The molecule has 1 aromatic rings. The highest BCUT2D eigenvalue weighted by Gasteiger charge is 2.26. The van der Waals surface area contributed by atoms with E-state index in [2.05, 4.69) is 22.0 Å². The van der Waals surface area contributed by atoms with Crippen LogP contribution in [0.5, 0.6) is 0 Å². The molecule has 3 heteroatoms. The smallest absolute Gasteiger partial charge is 0.0662 e. The van der Waals surface area contributed by atoms with Crippen molar-refractivity contribution >= 4 is 27.7 Å². The van der Waals surface area contributed by atoms with Gasteiger partial charge in [0.25, 0.3) is 0 Å². The lowest BCUT2D eigenvalue weighted by Gasteiger charge is -2.14. The summed E-state index contributed by atoms with van der Waals surface area (Å²) in [7, 11) is 0. The van der Waals surface area contributed by atoms with Gasteiger partial charge in [-0.1, -0.05) is 12.1 Å². The summed E-state index contributed by atoms with van der Waals surface area (Å²) in [6.45, 7) is 0. The predicted octanol–water partition coefficient (Wildman–Crippen LogP) is 3.45. The first-order valence-corrected chi connectivity index (χ1v) is 6.54. The summed E-state index contributed by atoms with van der Waals surface area (Å²) in [5, 5.41) is 10.1. The molecule has 0 unspecified atom stereocenters. The Morgan fingerprint density at radius 1 is 1.29 bits per heavy atom. The average molecular weight is 273 g/mol. The van der Waals surface area contributed by atoms with Gasteiger partial charge in [-0.15, -0.1) is 11.8 Å². The van der Waals surface area contributed by atoms with Gasteiger partial charge in [-0.3, -0.25) is 0 Å². The third-order valence-corrected chi connectivity index (χ3v) is 4.95. The molecule has 14 heavy (non-hydrogen) atoms. The lowest BCUT2D eigenvalue weighted by atomic mass is 10.3. The molecule has 2 atom stereocenters. The van der Waals surface area contributed by atoms with Crippen LogP contribution in [0.25, 0.3) is 0 Å². The van der Waals surface area contributed by atoms with E-state index in [1.54, 1.807) is 11.8 Å². The van der Waals surface area contributed by atoms with Gasteiger partial charge < -0.3 is 5.11 Å². The Labute approximate surface area is 97.0 Å². The van der Waals surface area contributed by atoms with Crippen LogP contribution in [0.1, 0.15) is 19.3 Å². The molecule has 1 N–H and O–H groups in total. The Morgan fingerprint density at radius 3 is 2.71 bits per heavy atom. The van der Waals surface area contributed by atoms with E-state index in [-0.39, 0.29) is 6.10 Å². The van der Waals surface area contributed by atoms with Gasteiger partial charge in [0, 0.05) is 14.6 Å². The Kier molecular flexibility index (Phi) is 3.52. The number of benzene rings is 1. The van der Waals surface area contributed by atoms with E-state index >= 15 is 0 Å². The molecule has 1 aromatic carbocycles. The zero-order chi connectivity index (χ0) is 9.97. The normalized spacial score (nSPS) is 26.7. The minimum atomic E-state index is -0.118. The van der Waals surface area contributed by atoms with Crippen molar-refractivity contribution < 1.29 is 5.11 Å². The number of hydrogen-bond acceptors (Lipinski definition) is 2. The van der Waals surface area contributed by atoms with E-state index in [9.17, 15) is 5.11 Å². The molecule has 0 heterocycles. The van der Waals surface area contributed by atoms with E-state index in [0.717, 1.165) is 23.7 Å². The van der Waals surface area contributed by atoms with Crippen molar-refractivity contribution in [2.24, 2.45) is 0 Å². The summed E-state index contributed by atoms with van der Waals surface area (Å²) >= 11 is 5.31. The summed E-state index contributed by atoms with van der Waals surface area (Å²) in [5.41, 5.74) is 0. The number of rotatable bonds is 2. The standard InChI is InChI=1S/C11H13BrOS/c12-8-4-1-2-6-10(8)14-11-7-3-5-9(11)13/h1-2,4,6,9,11,13H,3,5,7H2/t9-,11-/m1/s1. The Hall–Kier alpha value is 0.01000. The van der Waals surface area contributed by atoms with E-state index in [0.29, 0.717) is 5.25 Å². The fourth-order valence-corrected chi connectivity index (χ4v) is 3.55. The highest BCUT2D eigenvalue weighted by Crippen LogP contribution is 2.37. The summed E-state index contributed by atoms with van der Waals surface area (Å²) in [4.78, 5) is 1.23. The number of hydrogen-bond donors (Lipinski definition) is 1. The van der Waals surface area contributed by atoms with Crippen LogP contribution in [-0.2, 0) is 0 Å². The van der Waals surface area contributed by atoms with Crippen LogP contribution in [0.2, 0.25) is 0 Å². The molecular weight excluding hydrogens is 260 g/mol. The third kappa shape index (κ3) is 2.33.